The molecule has 4 nitrogen and oxygen atoms in total. The molecule has 0 bridgehead atoms. The largest absolute Gasteiger partial charge is 0.594 e. The molecule has 0 radical (unpaired) electrons. The molecular weight excluding hydrogens is 234 g/mol. The van der Waals surface area contributed by atoms with E-state index >= 15 is 0 Å². The van der Waals surface area contributed by atoms with Crippen molar-refractivity contribution in [3.8, 4) is 0 Å². The summed E-state index contributed by atoms with van der Waals surface area (Å²) in [6.45, 7) is 5.30. The molecule has 0 aromatic heterocycles. The van der Waals surface area contributed by atoms with Gasteiger partial charge in [0, 0.05) is 19.8 Å². The highest BCUT2D eigenvalue weighted by atomic mass is 28.4. The molecule has 0 aliphatic carbocycles. The van der Waals surface area contributed by atoms with Crippen LogP contribution in [0.3, 0.4) is 0 Å². The number of rotatable bonds is 8. The molecule has 1 rings (SSSR count). The van der Waals surface area contributed by atoms with Crippen LogP contribution < -0.4 is 5.40 Å². The van der Waals surface area contributed by atoms with E-state index in [2.05, 4.69) is 12.1 Å². The SMILES string of the molecule is CCO[Si](N)(OCC)OCCc1ccccc1. The smallest absolute Gasteiger partial charge is 0.362 e. The van der Waals surface area contributed by atoms with Crippen molar-refractivity contribution in [1.29, 1.82) is 0 Å². The van der Waals surface area contributed by atoms with Gasteiger partial charge in [0.05, 0.1) is 0 Å². The fraction of sp³-hybridized carbons (Fsp3) is 0.500. The Morgan fingerprint density at radius 2 is 1.59 bits per heavy atom. The van der Waals surface area contributed by atoms with E-state index in [-0.39, 0.29) is 0 Å². The van der Waals surface area contributed by atoms with Gasteiger partial charge in [0.2, 0.25) is 0 Å². The topological polar surface area (TPSA) is 53.7 Å². The van der Waals surface area contributed by atoms with E-state index in [1.165, 1.54) is 5.56 Å². The van der Waals surface area contributed by atoms with Crippen molar-refractivity contribution in [3.05, 3.63) is 35.9 Å². The highest BCUT2D eigenvalue weighted by molar-refractivity contribution is 6.56. The quantitative estimate of drug-likeness (QED) is 0.719. The maximum atomic E-state index is 5.96. The van der Waals surface area contributed by atoms with E-state index in [4.69, 9.17) is 18.7 Å². The lowest BCUT2D eigenvalue weighted by Crippen LogP contribution is -2.55. The second-order valence-electron chi connectivity index (χ2n) is 3.55. The number of benzene rings is 1. The summed E-state index contributed by atoms with van der Waals surface area (Å²) in [5, 5.41) is 5.96. The number of hydrogen-bond donors (Lipinski definition) is 1. The molecule has 0 heterocycles. The third kappa shape index (κ3) is 5.43. The van der Waals surface area contributed by atoms with Gasteiger partial charge in [0.1, 0.15) is 0 Å². The van der Waals surface area contributed by atoms with Gasteiger partial charge in [0.25, 0.3) is 0 Å². The van der Waals surface area contributed by atoms with E-state index < -0.39 is 8.97 Å². The molecule has 0 amide bonds. The van der Waals surface area contributed by atoms with Gasteiger partial charge in [0.15, 0.2) is 0 Å². The molecule has 0 unspecified atom stereocenters. The molecule has 2 N–H and O–H groups in total. The first-order valence-electron chi connectivity index (χ1n) is 5.95. The standard InChI is InChI=1S/C12H21NO3Si/c1-3-14-17(13,15-4-2)16-11-10-12-8-6-5-7-9-12/h5-9H,3-4,10-11,13H2,1-2H3. The third-order valence-electron chi connectivity index (χ3n) is 2.23. The van der Waals surface area contributed by atoms with E-state index in [9.17, 15) is 0 Å². The molecule has 5 heteroatoms. The van der Waals surface area contributed by atoms with E-state index in [0.29, 0.717) is 19.8 Å². The Kier molecular flexibility index (Phi) is 6.39. The van der Waals surface area contributed by atoms with Crippen LogP contribution in [-0.4, -0.2) is 28.8 Å². The lowest BCUT2D eigenvalue weighted by Gasteiger charge is -2.23. The first kappa shape index (κ1) is 14.3. The van der Waals surface area contributed by atoms with Gasteiger partial charge in [-0.1, -0.05) is 30.3 Å². The van der Waals surface area contributed by atoms with Gasteiger partial charge in [-0.3, -0.25) is 5.40 Å². The summed E-state index contributed by atoms with van der Waals surface area (Å²) < 4.78 is 16.3. The maximum absolute atomic E-state index is 5.96. The van der Waals surface area contributed by atoms with Crippen molar-refractivity contribution < 1.29 is 13.3 Å². The summed E-state index contributed by atoms with van der Waals surface area (Å²) in [7, 11) is -2.90. The van der Waals surface area contributed by atoms with Crippen LogP contribution in [0.5, 0.6) is 0 Å². The number of nitrogens with two attached hydrogens (primary N) is 1. The third-order valence-corrected chi connectivity index (χ3v) is 4.22. The Balaban J connectivity index is 2.37. The zero-order valence-corrected chi connectivity index (χ0v) is 11.5. The van der Waals surface area contributed by atoms with Crippen molar-refractivity contribution in [2.75, 3.05) is 19.8 Å². The summed E-state index contributed by atoms with van der Waals surface area (Å²) in [5.41, 5.74) is 1.22. The summed E-state index contributed by atoms with van der Waals surface area (Å²) in [4.78, 5) is 0. The first-order valence-corrected chi connectivity index (χ1v) is 7.75. The van der Waals surface area contributed by atoms with Gasteiger partial charge in [-0.2, -0.15) is 0 Å². The molecule has 0 saturated heterocycles. The molecular formula is C12H21NO3Si. The Morgan fingerprint density at radius 3 is 2.12 bits per heavy atom. The van der Waals surface area contributed by atoms with E-state index in [1.54, 1.807) is 0 Å². The molecule has 1 aromatic carbocycles. The predicted octanol–water partition coefficient (Wildman–Crippen LogP) is 1.71. The second kappa shape index (κ2) is 7.57. The molecule has 0 aliphatic rings. The van der Waals surface area contributed by atoms with E-state index in [1.807, 2.05) is 32.0 Å². The van der Waals surface area contributed by atoms with Gasteiger partial charge >= 0.3 is 8.97 Å². The van der Waals surface area contributed by atoms with Crippen molar-refractivity contribution in [2.24, 2.45) is 5.40 Å². The molecule has 0 atom stereocenters. The van der Waals surface area contributed by atoms with Crippen LogP contribution in [-0.2, 0) is 19.7 Å². The highest BCUT2D eigenvalue weighted by Crippen LogP contribution is 2.05. The molecule has 0 fully saturated rings. The van der Waals surface area contributed by atoms with Crippen LogP contribution in [0.25, 0.3) is 0 Å². The van der Waals surface area contributed by atoms with Crippen molar-refractivity contribution >= 4 is 8.97 Å². The molecule has 1 aromatic rings. The lowest BCUT2D eigenvalue weighted by molar-refractivity contribution is 0.0689. The molecule has 17 heavy (non-hydrogen) atoms. The summed E-state index contributed by atoms with van der Waals surface area (Å²) in [5.74, 6) is 0. The number of hydrogen-bond acceptors (Lipinski definition) is 4. The van der Waals surface area contributed by atoms with Gasteiger partial charge < -0.3 is 13.3 Å². The average Bonchev–Trinajstić information content (AvgIpc) is 2.31. The van der Waals surface area contributed by atoms with Gasteiger partial charge in [-0.15, -0.1) is 0 Å². The van der Waals surface area contributed by atoms with Gasteiger partial charge in [-0.25, -0.2) is 0 Å². The van der Waals surface area contributed by atoms with Crippen LogP contribution in [0.1, 0.15) is 19.4 Å². The second-order valence-corrected chi connectivity index (χ2v) is 5.63. The average molecular weight is 255 g/mol. The normalized spacial score (nSPS) is 11.7. The Bertz CT molecular complexity index is 302. The summed E-state index contributed by atoms with van der Waals surface area (Å²) >= 11 is 0. The Labute approximate surface area is 104 Å². The molecule has 0 spiro atoms. The minimum atomic E-state index is -2.90. The molecule has 0 saturated carbocycles. The van der Waals surface area contributed by atoms with Crippen LogP contribution in [0.4, 0.5) is 0 Å². The van der Waals surface area contributed by atoms with Gasteiger partial charge in [-0.05, 0) is 25.8 Å². The molecule has 0 aliphatic heterocycles. The van der Waals surface area contributed by atoms with Crippen LogP contribution >= 0.6 is 0 Å². The fourth-order valence-corrected chi connectivity index (χ4v) is 2.92. The van der Waals surface area contributed by atoms with Crippen LogP contribution in [0.2, 0.25) is 0 Å². The van der Waals surface area contributed by atoms with Crippen molar-refractivity contribution in [3.63, 3.8) is 0 Å². The zero-order chi connectivity index (χ0) is 12.6. The Hall–Kier alpha value is -0.723. The zero-order valence-electron chi connectivity index (χ0n) is 10.5. The first-order chi connectivity index (χ1) is 8.20. The monoisotopic (exact) mass is 255 g/mol. The highest BCUT2D eigenvalue weighted by Gasteiger charge is 2.36. The maximum Gasteiger partial charge on any atom is 0.594 e. The van der Waals surface area contributed by atoms with E-state index in [0.717, 1.165) is 6.42 Å². The van der Waals surface area contributed by atoms with Crippen LogP contribution in [0, 0.1) is 0 Å². The predicted molar refractivity (Wildman–Crippen MR) is 69.3 cm³/mol. The summed E-state index contributed by atoms with van der Waals surface area (Å²) in [6, 6.07) is 10.1. The van der Waals surface area contributed by atoms with Crippen LogP contribution in [0.15, 0.2) is 30.3 Å². The lowest BCUT2D eigenvalue weighted by atomic mass is 10.2. The van der Waals surface area contributed by atoms with Crippen molar-refractivity contribution in [1.82, 2.24) is 0 Å². The fourth-order valence-electron chi connectivity index (χ4n) is 1.48. The minimum Gasteiger partial charge on any atom is -0.362 e. The minimum absolute atomic E-state index is 0.508. The summed E-state index contributed by atoms with van der Waals surface area (Å²) in [6.07, 6.45) is 0.812. The Morgan fingerprint density at radius 1 is 1.00 bits per heavy atom. The molecule has 96 valence electrons. The van der Waals surface area contributed by atoms with Crippen molar-refractivity contribution in [2.45, 2.75) is 20.3 Å².